The van der Waals surface area contributed by atoms with E-state index in [-0.39, 0.29) is 0 Å². The van der Waals surface area contributed by atoms with Crippen LogP contribution in [0.4, 0.5) is 0 Å². The average Bonchev–Trinajstić information content (AvgIpc) is 3.02. The van der Waals surface area contributed by atoms with Gasteiger partial charge in [0.05, 0.1) is 0 Å². The van der Waals surface area contributed by atoms with Crippen LogP contribution in [0.3, 0.4) is 0 Å². The molecule has 0 aliphatic heterocycles. The molecule has 0 aromatic heterocycles. The van der Waals surface area contributed by atoms with E-state index in [9.17, 15) is 4.79 Å². The first-order valence-electron chi connectivity index (χ1n) is 12.5. The van der Waals surface area contributed by atoms with Crippen LogP contribution in [-0.2, 0) is 4.79 Å². The highest BCUT2D eigenvalue weighted by Gasteiger charge is 2.61. The Bertz CT molecular complexity index is 585. The van der Waals surface area contributed by atoms with Gasteiger partial charge in [-0.05, 0) is 104 Å². The van der Waals surface area contributed by atoms with Gasteiger partial charge in [-0.25, -0.2) is 0 Å². The molecular formula is C26H44O2. The Morgan fingerprint density at radius 1 is 1.00 bits per heavy atom. The molecule has 4 saturated carbocycles. The molecule has 0 bridgehead atoms. The van der Waals surface area contributed by atoms with Gasteiger partial charge < -0.3 is 5.11 Å². The Morgan fingerprint density at radius 3 is 2.46 bits per heavy atom. The molecule has 160 valence electrons. The van der Waals surface area contributed by atoms with Crippen LogP contribution >= 0.6 is 0 Å². The lowest BCUT2D eigenvalue weighted by molar-refractivity contribution is -0.140. The molecular weight excluding hydrogens is 344 g/mol. The minimum Gasteiger partial charge on any atom is -0.481 e. The molecule has 4 aliphatic carbocycles. The third-order valence-electron chi connectivity index (χ3n) is 10.9. The van der Waals surface area contributed by atoms with Gasteiger partial charge in [0.2, 0.25) is 0 Å². The normalized spacial score (nSPS) is 49.0. The molecule has 4 aliphatic rings. The smallest absolute Gasteiger partial charge is 0.303 e. The average molecular weight is 389 g/mol. The molecule has 2 nitrogen and oxygen atoms in total. The van der Waals surface area contributed by atoms with E-state index in [0.29, 0.717) is 23.2 Å². The lowest BCUT2D eigenvalue weighted by Crippen LogP contribution is -2.55. The van der Waals surface area contributed by atoms with Crippen LogP contribution in [0.25, 0.3) is 0 Å². The maximum absolute atomic E-state index is 11.1. The maximum atomic E-state index is 11.1. The SMILES string of the molecule is CC[C@H]1CC2C3CC[C@H]([C@H](C)CCC(=O)O)[C@@]3(C)CCC2[C@@]2(C)CCCC[C@@H]12. The van der Waals surface area contributed by atoms with Crippen LogP contribution in [-0.4, -0.2) is 11.1 Å². The first kappa shape index (κ1) is 20.7. The second-order valence-corrected chi connectivity index (χ2v) is 11.8. The van der Waals surface area contributed by atoms with Crippen molar-refractivity contribution in [2.24, 2.45) is 52.3 Å². The van der Waals surface area contributed by atoms with Gasteiger partial charge >= 0.3 is 5.97 Å². The third kappa shape index (κ3) is 3.16. The Hall–Kier alpha value is -0.530. The molecule has 4 rings (SSSR count). The molecule has 2 heteroatoms. The first-order valence-corrected chi connectivity index (χ1v) is 12.5. The second kappa shape index (κ2) is 7.62. The molecule has 3 unspecified atom stereocenters. The summed E-state index contributed by atoms with van der Waals surface area (Å²) < 4.78 is 0. The molecule has 9 atom stereocenters. The van der Waals surface area contributed by atoms with E-state index < -0.39 is 5.97 Å². The summed E-state index contributed by atoms with van der Waals surface area (Å²) in [5.41, 5.74) is 1.07. The van der Waals surface area contributed by atoms with Crippen molar-refractivity contribution in [3.63, 3.8) is 0 Å². The van der Waals surface area contributed by atoms with Gasteiger partial charge in [-0.1, -0.05) is 47.0 Å². The summed E-state index contributed by atoms with van der Waals surface area (Å²) in [5.74, 6) is 5.44. The monoisotopic (exact) mass is 388 g/mol. The maximum Gasteiger partial charge on any atom is 0.303 e. The molecule has 0 amide bonds. The number of hydrogen-bond acceptors (Lipinski definition) is 1. The number of carboxylic acid groups (broad SMARTS) is 1. The lowest BCUT2D eigenvalue weighted by atomic mass is 9.42. The number of aliphatic carboxylic acids is 1. The van der Waals surface area contributed by atoms with Crippen molar-refractivity contribution in [2.75, 3.05) is 0 Å². The summed E-state index contributed by atoms with van der Waals surface area (Å²) in [6.07, 6.45) is 15.6. The van der Waals surface area contributed by atoms with Crippen LogP contribution in [0.2, 0.25) is 0 Å². The molecule has 0 radical (unpaired) electrons. The Morgan fingerprint density at radius 2 is 1.75 bits per heavy atom. The quantitative estimate of drug-likeness (QED) is 0.542. The highest BCUT2D eigenvalue weighted by molar-refractivity contribution is 5.66. The number of hydrogen-bond donors (Lipinski definition) is 1. The van der Waals surface area contributed by atoms with Crippen molar-refractivity contribution in [3.05, 3.63) is 0 Å². The summed E-state index contributed by atoms with van der Waals surface area (Å²) in [6.45, 7) is 10.1. The molecule has 0 aromatic carbocycles. The van der Waals surface area contributed by atoms with E-state index in [1.165, 1.54) is 64.2 Å². The summed E-state index contributed by atoms with van der Waals surface area (Å²) in [5, 5.41) is 9.15. The van der Waals surface area contributed by atoms with Crippen molar-refractivity contribution in [1.82, 2.24) is 0 Å². The predicted octanol–water partition coefficient (Wildman–Crippen LogP) is 7.17. The zero-order chi connectivity index (χ0) is 20.1. The Balaban J connectivity index is 1.56. The van der Waals surface area contributed by atoms with Gasteiger partial charge in [-0.2, -0.15) is 0 Å². The molecule has 0 saturated heterocycles. The van der Waals surface area contributed by atoms with Crippen LogP contribution in [0.15, 0.2) is 0 Å². The largest absolute Gasteiger partial charge is 0.481 e. The van der Waals surface area contributed by atoms with Gasteiger partial charge in [0.15, 0.2) is 0 Å². The zero-order valence-electron chi connectivity index (χ0n) is 18.9. The van der Waals surface area contributed by atoms with Crippen LogP contribution in [0.5, 0.6) is 0 Å². The molecule has 28 heavy (non-hydrogen) atoms. The van der Waals surface area contributed by atoms with Gasteiger partial charge in [-0.3, -0.25) is 4.79 Å². The van der Waals surface area contributed by atoms with Crippen molar-refractivity contribution >= 4 is 5.97 Å². The fraction of sp³-hybridized carbons (Fsp3) is 0.962. The van der Waals surface area contributed by atoms with Crippen LogP contribution < -0.4 is 0 Å². The zero-order valence-corrected chi connectivity index (χ0v) is 18.9. The molecule has 0 heterocycles. The fourth-order valence-corrected chi connectivity index (χ4v) is 9.55. The second-order valence-electron chi connectivity index (χ2n) is 11.8. The van der Waals surface area contributed by atoms with E-state index in [4.69, 9.17) is 5.11 Å². The van der Waals surface area contributed by atoms with E-state index in [0.717, 1.165) is 41.9 Å². The number of carboxylic acids is 1. The number of rotatable bonds is 5. The number of fused-ring (bicyclic) bond motifs is 5. The van der Waals surface area contributed by atoms with E-state index in [1.54, 1.807) is 0 Å². The highest BCUT2D eigenvalue weighted by Crippen LogP contribution is 2.69. The minimum atomic E-state index is -0.621. The fourth-order valence-electron chi connectivity index (χ4n) is 9.55. The Labute approximate surface area is 173 Å². The van der Waals surface area contributed by atoms with Crippen LogP contribution in [0.1, 0.15) is 105 Å². The molecule has 4 fully saturated rings. The standard InChI is InChI=1S/C26H44O2/c1-5-18-16-19-22-11-10-20(17(2)9-12-24(27)28)26(22,4)15-13-23(19)25(3)14-7-6-8-21(18)25/h17-23H,5-16H2,1-4H3,(H,27,28)/t17-,18+,19?,20-,21+,22?,23?,25+,26-/m1/s1. The van der Waals surface area contributed by atoms with Crippen LogP contribution in [0, 0.1) is 52.3 Å². The van der Waals surface area contributed by atoms with Crippen molar-refractivity contribution in [1.29, 1.82) is 0 Å². The third-order valence-corrected chi connectivity index (χ3v) is 10.9. The van der Waals surface area contributed by atoms with Gasteiger partial charge in [-0.15, -0.1) is 0 Å². The summed E-state index contributed by atoms with van der Waals surface area (Å²) in [6, 6.07) is 0. The minimum absolute atomic E-state index is 0.349. The highest BCUT2D eigenvalue weighted by atomic mass is 16.4. The lowest BCUT2D eigenvalue weighted by Gasteiger charge is -2.63. The number of carbonyl (C=O) groups is 1. The Kier molecular flexibility index (Phi) is 5.64. The van der Waals surface area contributed by atoms with Gasteiger partial charge in [0.1, 0.15) is 0 Å². The first-order chi connectivity index (χ1) is 13.3. The van der Waals surface area contributed by atoms with Crippen molar-refractivity contribution in [3.8, 4) is 0 Å². The molecule has 0 aromatic rings. The van der Waals surface area contributed by atoms with E-state index in [2.05, 4.69) is 27.7 Å². The topological polar surface area (TPSA) is 37.3 Å². The predicted molar refractivity (Wildman–Crippen MR) is 115 cm³/mol. The summed E-state index contributed by atoms with van der Waals surface area (Å²) in [7, 11) is 0. The summed E-state index contributed by atoms with van der Waals surface area (Å²) in [4.78, 5) is 11.1. The molecule has 1 N–H and O–H groups in total. The van der Waals surface area contributed by atoms with Crippen molar-refractivity contribution in [2.45, 2.75) is 105 Å². The van der Waals surface area contributed by atoms with Crippen molar-refractivity contribution < 1.29 is 9.90 Å². The summed E-state index contributed by atoms with van der Waals surface area (Å²) >= 11 is 0. The van der Waals surface area contributed by atoms with E-state index in [1.807, 2.05) is 0 Å². The van der Waals surface area contributed by atoms with Gasteiger partial charge in [0, 0.05) is 6.42 Å². The van der Waals surface area contributed by atoms with Gasteiger partial charge in [0.25, 0.3) is 0 Å². The molecule has 0 spiro atoms. The van der Waals surface area contributed by atoms with E-state index >= 15 is 0 Å².